The minimum absolute atomic E-state index is 0.133. The van der Waals surface area contributed by atoms with Crippen LogP contribution in [0.15, 0.2) is 105 Å². The summed E-state index contributed by atoms with van der Waals surface area (Å²) in [4.78, 5) is 18.7. The average molecular weight is 660 g/mol. The molecule has 7 rings (SSSR count). The smallest absolute Gasteiger partial charge is 0.282 e. The lowest BCUT2D eigenvalue weighted by Gasteiger charge is -2.22. The lowest BCUT2D eigenvalue weighted by atomic mass is 9.88. The maximum Gasteiger partial charge on any atom is 0.282 e. The van der Waals surface area contributed by atoms with Crippen molar-refractivity contribution in [1.29, 1.82) is 0 Å². The number of halogens is 1. The Kier molecular flexibility index (Phi) is 8.11. The molecular weight excluding hydrogens is 624 g/mol. The fraction of sp³-hybridized carbons (Fsp3) is 0.237. The number of hydrogen-bond acceptors (Lipinski definition) is 4. The van der Waals surface area contributed by atoms with Gasteiger partial charge in [-0.15, -0.1) is 0 Å². The van der Waals surface area contributed by atoms with Gasteiger partial charge in [-0.05, 0) is 91.6 Å². The van der Waals surface area contributed by atoms with E-state index in [2.05, 4.69) is 95.0 Å². The highest BCUT2D eigenvalue weighted by Crippen LogP contribution is 2.32. The molecule has 0 N–H and O–H groups in total. The summed E-state index contributed by atoms with van der Waals surface area (Å²) < 4.78 is 10.8. The molecule has 1 aliphatic rings. The molecule has 0 bridgehead atoms. The van der Waals surface area contributed by atoms with Crippen LogP contribution in [0.25, 0.3) is 27.4 Å². The van der Waals surface area contributed by atoms with Crippen LogP contribution >= 0.6 is 15.9 Å². The van der Waals surface area contributed by atoms with Crippen LogP contribution in [0, 0.1) is 13.8 Å². The Hall–Kier alpha value is -4.49. The molecule has 45 heavy (non-hydrogen) atoms. The Labute approximate surface area is 271 Å². The van der Waals surface area contributed by atoms with Gasteiger partial charge in [0.2, 0.25) is 0 Å². The molecule has 7 heteroatoms. The van der Waals surface area contributed by atoms with Crippen molar-refractivity contribution < 1.29 is 4.74 Å². The molecule has 0 spiro atoms. The van der Waals surface area contributed by atoms with E-state index in [4.69, 9.17) is 14.8 Å². The molecule has 1 fully saturated rings. The predicted molar refractivity (Wildman–Crippen MR) is 186 cm³/mol. The van der Waals surface area contributed by atoms with E-state index in [1.165, 1.54) is 22.8 Å². The lowest BCUT2D eigenvalue weighted by Crippen LogP contribution is -2.25. The van der Waals surface area contributed by atoms with Gasteiger partial charge >= 0.3 is 0 Å². The monoisotopic (exact) mass is 658 g/mol. The molecule has 0 aliphatic heterocycles. The van der Waals surface area contributed by atoms with Crippen molar-refractivity contribution in [3.63, 3.8) is 0 Å². The normalized spacial score (nSPS) is 14.1. The van der Waals surface area contributed by atoms with E-state index < -0.39 is 0 Å². The highest BCUT2D eigenvalue weighted by Gasteiger charge is 2.23. The topological polar surface area (TPSA) is 61.4 Å². The van der Waals surface area contributed by atoms with E-state index in [-0.39, 0.29) is 11.5 Å². The molecule has 0 atom stereocenters. The first kappa shape index (κ1) is 29.2. The van der Waals surface area contributed by atoms with Crippen LogP contribution in [0.5, 0.6) is 5.75 Å². The highest BCUT2D eigenvalue weighted by atomic mass is 79.9. The number of benzene rings is 4. The summed E-state index contributed by atoms with van der Waals surface area (Å²) in [5.74, 6) is 1.81. The highest BCUT2D eigenvalue weighted by molar-refractivity contribution is 9.10. The van der Waals surface area contributed by atoms with Gasteiger partial charge in [0.05, 0.1) is 17.1 Å². The fourth-order valence-corrected chi connectivity index (χ4v) is 6.97. The van der Waals surface area contributed by atoms with Gasteiger partial charge in [0.1, 0.15) is 18.2 Å². The molecule has 0 amide bonds. The van der Waals surface area contributed by atoms with Gasteiger partial charge in [0.15, 0.2) is 0 Å². The second-order valence-electron chi connectivity index (χ2n) is 11.9. The van der Waals surface area contributed by atoms with E-state index in [0.717, 1.165) is 69.9 Å². The molecule has 0 saturated heterocycles. The Morgan fingerprint density at radius 1 is 0.911 bits per heavy atom. The summed E-state index contributed by atoms with van der Waals surface area (Å²) in [7, 11) is 0. The van der Waals surface area contributed by atoms with Crippen LogP contribution < -0.4 is 10.3 Å². The third-order valence-corrected chi connectivity index (χ3v) is 9.45. The van der Waals surface area contributed by atoms with E-state index in [1.807, 2.05) is 30.3 Å². The summed E-state index contributed by atoms with van der Waals surface area (Å²) in [6, 6.07) is 30.7. The first-order valence-corrected chi connectivity index (χ1v) is 16.4. The zero-order valence-electron chi connectivity index (χ0n) is 25.5. The van der Waals surface area contributed by atoms with Crippen LogP contribution in [-0.4, -0.2) is 20.4 Å². The van der Waals surface area contributed by atoms with Gasteiger partial charge in [-0.2, -0.15) is 9.78 Å². The molecule has 6 aromatic rings. The summed E-state index contributed by atoms with van der Waals surface area (Å²) in [6.07, 6.45) is 7.39. The Morgan fingerprint density at radius 2 is 1.69 bits per heavy atom. The van der Waals surface area contributed by atoms with Crippen LogP contribution in [0.1, 0.15) is 66.4 Å². The molecule has 0 radical (unpaired) electrons. The zero-order valence-corrected chi connectivity index (χ0v) is 27.1. The summed E-state index contributed by atoms with van der Waals surface area (Å²) >= 11 is 3.51. The van der Waals surface area contributed by atoms with Crippen molar-refractivity contribution >= 4 is 43.8 Å². The van der Waals surface area contributed by atoms with Gasteiger partial charge < -0.3 is 9.30 Å². The number of rotatable bonds is 7. The average Bonchev–Trinajstić information content (AvgIpc) is 3.36. The van der Waals surface area contributed by atoms with Gasteiger partial charge in [0, 0.05) is 33.0 Å². The van der Waals surface area contributed by atoms with Gasteiger partial charge in [-0.25, -0.2) is 4.98 Å². The van der Waals surface area contributed by atoms with Crippen molar-refractivity contribution in [3.8, 4) is 11.4 Å². The summed E-state index contributed by atoms with van der Waals surface area (Å²) in [5.41, 5.74) is 5.88. The number of aryl methyl sites for hydroxylation is 1. The van der Waals surface area contributed by atoms with Crippen molar-refractivity contribution in [2.75, 3.05) is 0 Å². The minimum Gasteiger partial charge on any atom is -0.489 e. The Balaban J connectivity index is 1.16. The standard InChI is InChI=1S/C38H35BrN4O2/c1-25-21-30(23-40-43-37(28-10-4-3-5-11-28)41-36-20-15-31(39)22-35(36)38(43)44)26(2)42(25)32-16-18-33(19-17-32)45-24-29-13-8-12-27-9-6-7-14-34(27)29/h6-9,12-23,28H,3-5,10-11,24H2,1-2H3. The van der Waals surface area contributed by atoms with Crippen molar-refractivity contribution in [2.24, 2.45) is 5.10 Å². The molecule has 226 valence electrons. The zero-order chi connectivity index (χ0) is 30.9. The first-order valence-electron chi connectivity index (χ1n) is 15.6. The fourth-order valence-electron chi connectivity index (χ4n) is 6.61. The van der Waals surface area contributed by atoms with Crippen molar-refractivity contribution in [2.45, 2.75) is 58.5 Å². The molecule has 0 unspecified atom stereocenters. The molecule has 4 aromatic carbocycles. The van der Waals surface area contributed by atoms with Crippen LogP contribution in [-0.2, 0) is 6.61 Å². The quantitative estimate of drug-likeness (QED) is 0.161. The van der Waals surface area contributed by atoms with Crippen molar-refractivity contribution in [1.82, 2.24) is 14.2 Å². The first-order chi connectivity index (χ1) is 22.0. The molecular formula is C38H35BrN4O2. The number of fused-ring (bicyclic) bond motifs is 2. The number of hydrogen-bond donors (Lipinski definition) is 0. The number of aromatic nitrogens is 3. The van der Waals surface area contributed by atoms with E-state index in [1.54, 1.807) is 10.9 Å². The maximum atomic E-state index is 13.8. The van der Waals surface area contributed by atoms with Gasteiger partial charge in [-0.3, -0.25) is 4.79 Å². The van der Waals surface area contributed by atoms with Crippen LogP contribution in [0.4, 0.5) is 0 Å². The van der Waals surface area contributed by atoms with Gasteiger partial charge in [0.25, 0.3) is 5.56 Å². The second kappa shape index (κ2) is 12.5. The lowest BCUT2D eigenvalue weighted by molar-refractivity contribution is 0.307. The molecule has 2 aromatic heterocycles. The number of nitrogens with zero attached hydrogens (tertiary/aromatic N) is 4. The molecule has 2 heterocycles. The second-order valence-corrected chi connectivity index (χ2v) is 12.8. The number of ether oxygens (including phenoxy) is 1. The minimum atomic E-state index is -0.133. The van der Waals surface area contributed by atoms with E-state index >= 15 is 0 Å². The third-order valence-electron chi connectivity index (χ3n) is 8.96. The maximum absolute atomic E-state index is 13.8. The summed E-state index contributed by atoms with van der Waals surface area (Å²) in [5, 5.41) is 7.79. The largest absolute Gasteiger partial charge is 0.489 e. The molecule has 6 nitrogen and oxygen atoms in total. The van der Waals surface area contributed by atoms with Gasteiger partial charge in [-0.1, -0.05) is 77.7 Å². The molecule has 1 saturated carbocycles. The van der Waals surface area contributed by atoms with Crippen molar-refractivity contribution in [3.05, 3.63) is 134 Å². The van der Waals surface area contributed by atoms with Crippen LogP contribution in [0.2, 0.25) is 0 Å². The Morgan fingerprint density at radius 3 is 2.51 bits per heavy atom. The Bertz CT molecular complexity index is 2100. The van der Waals surface area contributed by atoms with Crippen LogP contribution in [0.3, 0.4) is 0 Å². The molecule has 1 aliphatic carbocycles. The third kappa shape index (κ3) is 5.85. The SMILES string of the molecule is Cc1cc(C=Nn2c(C3CCCCC3)nc3ccc(Br)cc3c2=O)c(C)n1-c1ccc(OCc2cccc3ccccc23)cc1. The van der Waals surface area contributed by atoms with E-state index in [9.17, 15) is 4.79 Å². The predicted octanol–water partition coefficient (Wildman–Crippen LogP) is 9.23. The van der Waals surface area contributed by atoms with E-state index in [0.29, 0.717) is 12.0 Å². The summed E-state index contributed by atoms with van der Waals surface area (Å²) in [6.45, 7) is 4.68.